The van der Waals surface area contributed by atoms with Gasteiger partial charge in [0.2, 0.25) is 10.0 Å². The third-order valence-electron chi connectivity index (χ3n) is 3.85. The molecule has 1 fully saturated rings. The number of hydrogen-bond acceptors (Lipinski definition) is 6. The standard InChI is InChI=1S/C16H16N4O3S/c1-23-14-2-4-15(5-3-14)24(21,22)20-10-13(11-20)19-16-6-7-18-9-12(16)8-17/h2-7,9,13H,10-11H2,1H3,(H,18,19). The lowest BCUT2D eigenvalue weighted by Crippen LogP contribution is -2.56. The third kappa shape index (κ3) is 3.04. The Morgan fingerprint density at radius 2 is 2.00 bits per heavy atom. The first-order chi connectivity index (χ1) is 11.5. The SMILES string of the molecule is COc1ccc(S(=O)(=O)N2CC(Nc3ccncc3C#N)C2)cc1. The van der Waals surface area contributed by atoms with E-state index >= 15 is 0 Å². The second-order valence-electron chi connectivity index (χ2n) is 5.37. The van der Waals surface area contributed by atoms with Crippen LogP contribution in [0, 0.1) is 11.3 Å². The van der Waals surface area contributed by atoms with Gasteiger partial charge in [-0.05, 0) is 30.3 Å². The molecule has 8 heteroatoms. The topological polar surface area (TPSA) is 95.3 Å². The monoisotopic (exact) mass is 344 g/mol. The van der Waals surface area contributed by atoms with Crippen LogP contribution in [0.1, 0.15) is 5.56 Å². The minimum atomic E-state index is -3.51. The zero-order valence-corrected chi connectivity index (χ0v) is 13.8. The van der Waals surface area contributed by atoms with Crippen LogP contribution in [0.4, 0.5) is 5.69 Å². The quantitative estimate of drug-likeness (QED) is 0.882. The maximum Gasteiger partial charge on any atom is 0.243 e. The molecule has 0 spiro atoms. The predicted molar refractivity (Wildman–Crippen MR) is 88.1 cm³/mol. The van der Waals surface area contributed by atoms with Crippen LogP contribution in [-0.2, 0) is 10.0 Å². The lowest BCUT2D eigenvalue weighted by atomic mass is 10.1. The molecule has 0 aliphatic carbocycles. The number of nitriles is 1. The van der Waals surface area contributed by atoms with E-state index in [4.69, 9.17) is 10.00 Å². The van der Waals surface area contributed by atoms with Crippen molar-refractivity contribution in [3.63, 3.8) is 0 Å². The fourth-order valence-corrected chi connectivity index (χ4v) is 3.98. The van der Waals surface area contributed by atoms with Crippen LogP contribution in [0.5, 0.6) is 5.75 Å². The Morgan fingerprint density at radius 3 is 2.62 bits per heavy atom. The highest BCUT2D eigenvalue weighted by Crippen LogP contribution is 2.25. The van der Waals surface area contributed by atoms with E-state index in [-0.39, 0.29) is 10.9 Å². The largest absolute Gasteiger partial charge is 0.497 e. The van der Waals surface area contributed by atoms with Crippen molar-refractivity contribution in [3.8, 4) is 11.8 Å². The highest BCUT2D eigenvalue weighted by molar-refractivity contribution is 7.89. The molecule has 1 aliphatic rings. The van der Waals surface area contributed by atoms with Gasteiger partial charge in [-0.2, -0.15) is 9.57 Å². The van der Waals surface area contributed by atoms with Gasteiger partial charge in [-0.1, -0.05) is 0 Å². The summed E-state index contributed by atoms with van der Waals surface area (Å²) in [5, 5.41) is 12.2. The Kier molecular flexibility index (Phi) is 4.38. The van der Waals surface area contributed by atoms with Crippen LogP contribution in [0.3, 0.4) is 0 Å². The van der Waals surface area contributed by atoms with Crippen LogP contribution >= 0.6 is 0 Å². The maximum atomic E-state index is 12.5. The molecule has 1 N–H and O–H groups in total. The lowest BCUT2D eigenvalue weighted by molar-refractivity contribution is 0.281. The summed E-state index contributed by atoms with van der Waals surface area (Å²) in [6.07, 6.45) is 3.07. The number of nitrogens with zero attached hydrogens (tertiary/aromatic N) is 3. The number of sulfonamides is 1. The van der Waals surface area contributed by atoms with Gasteiger partial charge in [0.15, 0.2) is 0 Å². The molecule has 1 aromatic carbocycles. The van der Waals surface area contributed by atoms with Crippen LogP contribution < -0.4 is 10.1 Å². The summed E-state index contributed by atoms with van der Waals surface area (Å²) in [6, 6.07) is 10.0. The van der Waals surface area contributed by atoms with E-state index in [1.807, 2.05) is 0 Å². The van der Waals surface area contributed by atoms with E-state index < -0.39 is 10.0 Å². The highest BCUT2D eigenvalue weighted by atomic mass is 32.2. The zero-order chi connectivity index (χ0) is 17.2. The highest BCUT2D eigenvalue weighted by Gasteiger charge is 2.36. The Morgan fingerprint density at radius 1 is 1.29 bits per heavy atom. The van der Waals surface area contributed by atoms with E-state index in [0.29, 0.717) is 30.1 Å². The van der Waals surface area contributed by atoms with Crippen molar-refractivity contribution in [2.75, 3.05) is 25.5 Å². The predicted octanol–water partition coefficient (Wildman–Crippen LogP) is 1.45. The number of anilines is 1. The average Bonchev–Trinajstić information content (AvgIpc) is 2.57. The van der Waals surface area contributed by atoms with Crippen molar-refractivity contribution >= 4 is 15.7 Å². The van der Waals surface area contributed by atoms with Crippen molar-refractivity contribution in [1.82, 2.24) is 9.29 Å². The van der Waals surface area contributed by atoms with Crippen molar-refractivity contribution in [2.24, 2.45) is 0 Å². The van der Waals surface area contributed by atoms with E-state index in [2.05, 4.69) is 16.4 Å². The number of benzene rings is 1. The van der Waals surface area contributed by atoms with Crippen molar-refractivity contribution in [2.45, 2.75) is 10.9 Å². The van der Waals surface area contributed by atoms with Crippen LogP contribution in [0.25, 0.3) is 0 Å². The number of nitrogens with one attached hydrogen (secondary N) is 1. The molecule has 0 atom stereocenters. The third-order valence-corrected chi connectivity index (χ3v) is 5.69. The lowest BCUT2D eigenvalue weighted by Gasteiger charge is -2.39. The van der Waals surface area contributed by atoms with Gasteiger partial charge in [-0.15, -0.1) is 0 Å². The molecule has 7 nitrogen and oxygen atoms in total. The van der Waals surface area contributed by atoms with Gasteiger partial charge >= 0.3 is 0 Å². The summed E-state index contributed by atoms with van der Waals surface area (Å²) < 4.78 is 31.5. The molecule has 0 amide bonds. The number of pyridine rings is 1. The zero-order valence-electron chi connectivity index (χ0n) is 13.0. The molecule has 0 unspecified atom stereocenters. The van der Waals surface area contributed by atoms with Crippen LogP contribution in [0.15, 0.2) is 47.6 Å². The summed E-state index contributed by atoms with van der Waals surface area (Å²) in [6.45, 7) is 0.698. The van der Waals surface area contributed by atoms with Gasteiger partial charge in [-0.25, -0.2) is 8.42 Å². The van der Waals surface area contributed by atoms with Gasteiger partial charge in [-0.3, -0.25) is 4.98 Å². The average molecular weight is 344 g/mol. The normalized spacial score (nSPS) is 15.3. The van der Waals surface area contributed by atoms with E-state index in [9.17, 15) is 8.42 Å². The molecule has 24 heavy (non-hydrogen) atoms. The van der Waals surface area contributed by atoms with Gasteiger partial charge < -0.3 is 10.1 Å². The number of methoxy groups -OCH3 is 1. The Balaban J connectivity index is 1.66. The minimum absolute atomic E-state index is 0.0347. The van der Waals surface area contributed by atoms with E-state index in [1.165, 1.54) is 29.7 Å². The molecule has 2 heterocycles. The van der Waals surface area contributed by atoms with Gasteiger partial charge in [0.1, 0.15) is 11.8 Å². The minimum Gasteiger partial charge on any atom is -0.497 e. The fourth-order valence-electron chi connectivity index (χ4n) is 2.45. The molecule has 1 aliphatic heterocycles. The molecule has 1 aromatic heterocycles. The Hall–Kier alpha value is -2.63. The number of hydrogen-bond donors (Lipinski definition) is 1. The molecule has 0 radical (unpaired) electrons. The molecular formula is C16H16N4O3S. The van der Waals surface area contributed by atoms with Crippen molar-refractivity contribution in [1.29, 1.82) is 5.26 Å². The molecule has 1 saturated heterocycles. The van der Waals surface area contributed by atoms with E-state index in [0.717, 1.165) is 0 Å². The molecule has 3 rings (SSSR count). The maximum absolute atomic E-state index is 12.5. The summed E-state index contributed by atoms with van der Waals surface area (Å²) in [7, 11) is -1.98. The molecule has 124 valence electrons. The van der Waals surface area contributed by atoms with Gasteiger partial charge in [0, 0.05) is 25.5 Å². The molecule has 0 saturated carbocycles. The second kappa shape index (κ2) is 6.47. The Labute approximate surface area is 140 Å². The van der Waals surface area contributed by atoms with Crippen LogP contribution in [0.2, 0.25) is 0 Å². The second-order valence-corrected chi connectivity index (χ2v) is 7.31. The fraction of sp³-hybridized carbons (Fsp3) is 0.250. The van der Waals surface area contributed by atoms with Crippen LogP contribution in [-0.4, -0.2) is 43.9 Å². The van der Waals surface area contributed by atoms with Gasteiger partial charge in [0.05, 0.1) is 29.3 Å². The van der Waals surface area contributed by atoms with Crippen molar-refractivity contribution < 1.29 is 13.2 Å². The Bertz CT molecular complexity index is 869. The summed E-state index contributed by atoms with van der Waals surface area (Å²) in [4.78, 5) is 4.14. The number of aromatic nitrogens is 1. The number of rotatable bonds is 5. The summed E-state index contributed by atoms with van der Waals surface area (Å²) in [5.41, 5.74) is 1.10. The first-order valence-electron chi connectivity index (χ1n) is 7.29. The summed E-state index contributed by atoms with van der Waals surface area (Å²) >= 11 is 0. The summed E-state index contributed by atoms with van der Waals surface area (Å²) in [5.74, 6) is 0.610. The molecule has 0 bridgehead atoms. The van der Waals surface area contributed by atoms with Crippen molar-refractivity contribution in [3.05, 3.63) is 48.3 Å². The first kappa shape index (κ1) is 16.2. The van der Waals surface area contributed by atoms with Gasteiger partial charge in [0.25, 0.3) is 0 Å². The van der Waals surface area contributed by atoms with E-state index in [1.54, 1.807) is 24.4 Å². The molecule has 2 aromatic rings. The molecular weight excluding hydrogens is 328 g/mol. The smallest absolute Gasteiger partial charge is 0.243 e. The number of ether oxygens (including phenoxy) is 1. The first-order valence-corrected chi connectivity index (χ1v) is 8.73.